The van der Waals surface area contributed by atoms with Crippen LogP contribution in [0.4, 0.5) is 16.0 Å². The first-order valence-corrected chi connectivity index (χ1v) is 13.1. The van der Waals surface area contributed by atoms with Crippen molar-refractivity contribution in [3.63, 3.8) is 0 Å². The van der Waals surface area contributed by atoms with Crippen LogP contribution in [0, 0.1) is 19.7 Å². The number of ether oxygens (including phenoxy) is 1. The van der Waals surface area contributed by atoms with Crippen molar-refractivity contribution in [2.45, 2.75) is 37.7 Å². The predicted octanol–water partition coefficient (Wildman–Crippen LogP) is 6.26. The van der Waals surface area contributed by atoms with Crippen molar-refractivity contribution in [1.82, 2.24) is 14.8 Å². The van der Waals surface area contributed by atoms with Gasteiger partial charge in [-0.15, -0.1) is 5.10 Å². The first-order valence-electron chi connectivity index (χ1n) is 12.2. The molecule has 3 aromatic carbocycles. The Bertz CT molecular complexity index is 1510. The summed E-state index contributed by atoms with van der Waals surface area (Å²) < 4.78 is 20.7. The fourth-order valence-corrected chi connectivity index (χ4v) is 5.37. The van der Waals surface area contributed by atoms with Gasteiger partial charge in [0.05, 0.1) is 12.7 Å². The van der Waals surface area contributed by atoms with Gasteiger partial charge >= 0.3 is 0 Å². The van der Waals surface area contributed by atoms with E-state index in [1.165, 1.54) is 40.6 Å². The Kier molecular flexibility index (Phi) is 7.20. The van der Waals surface area contributed by atoms with Crippen LogP contribution in [0.25, 0.3) is 0 Å². The van der Waals surface area contributed by atoms with Crippen LogP contribution in [-0.2, 0) is 10.5 Å². The third-order valence-electron chi connectivity index (χ3n) is 6.47. The Labute approximate surface area is 225 Å². The number of nitrogens with zero attached hydrogens (tertiary/aromatic N) is 3. The number of hydrogen-bond donors (Lipinski definition) is 2. The molecule has 2 heterocycles. The number of aryl methyl sites for hydroxylation is 2. The van der Waals surface area contributed by atoms with Crippen molar-refractivity contribution in [2.75, 3.05) is 17.7 Å². The molecule has 0 saturated heterocycles. The monoisotopic (exact) mass is 529 g/mol. The molecule has 1 aromatic heterocycles. The Hall–Kier alpha value is -4.11. The van der Waals surface area contributed by atoms with Crippen molar-refractivity contribution in [3.8, 4) is 5.75 Å². The molecule has 1 atom stereocenters. The number of aromatic nitrogens is 3. The highest BCUT2D eigenvalue weighted by Crippen LogP contribution is 2.37. The maximum atomic E-state index is 13.8. The van der Waals surface area contributed by atoms with E-state index in [2.05, 4.69) is 42.7 Å². The molecule has 0 bridgehead atoms. The molecule has 38 heavy (non-hydrogen) atoms. The van der Waals surface area contributed by atoms with Crippen LogP contribution in [0.2, 0.25) is 0 Å². The van der Waals surface area contributed by atoms with Gasteiger partial charge in [-0.2, -0.15) is 4.98 Å². The molecule has 5 rings (SSSR count). The Morgan fingerprint density at radius 1 is 1.08 bits per heavy atom. The highest BCUT2D eigenvalue weighted by molar-refractivity contribution is 7.98. The molecule has 0 aliphatic carbocycles. The van der Waals surface area contributed by atoms with Crippen molar-refractivity contribution in [3.05, 3.63) is 106 Å². The number of benzene rings is 3. The number of amides is 1. The van der Waals surface area contributed by atoms with E-state index in [0.717, 1.165) is 5.56 Å². The molecular weight excluding hydrogens is 501 g/mol. The summed E-state index contributed by atoms with van der Waals surface area (Å²) >= 11 is 1.53. The molecule has 1 amide bonds. The lowest BCUT2D eigenvalue weighted by molar-refractivity contribution is -0.113. The molecule has 1 aliphatic rings. The van der Waals surface area contributed by atoms with Gasteiger partial charge in [-0.05, 0) is 73.9 Å². The molecule has 1 aliphatic heterocycles. The first-order chi connectivity index (χ1) is 18.3. The van der Waals surface area contributed by atoms with Crippen molar-refractivity contribution < 1.29 is 13.9 Å². The quantitative estimate of drug-likeness (QED) is 0.275. The standard InChI is InChI=1S/C29H28FN5O2S/c1-17-5-6-21(18(2)15-17)16-38-29-33-28-31-19(3)25(27(36)32-23-11-13-24(37-4)14-12-23)26(35(28)34-29)20-7-9-22(30)10-8-20/h5-15,26H,16H2,1-4H3,(H,32,36)(H,31,33,34)/t26-/m0/s1. The highest BCUT2D eigenvalue weighted by Gasteiger charge is 2.34. The van der Waals surface area contributed by atoms with E-state index in [-0.39, 0.29) is 11.7 Å². The summed E-state index contributed by atoms with van der Waals surface area (Å²) in [6.07, 6.45) is 0. The molecule has 9 heteroatoms. The van der Waals surface area contributed by atoms with Crippen LogP contribution in [0.15, 0.2) is 83.2 Å². The van der Waals surface area contributed by atoms with E-state index in [1.807, 2.05) is 6.92 Å². The van der Waals surface area contributed by atoms with Crippen LogP contribution in [0.5, 0.6) is 5.75 Å². The third-order valence-corrected chi connectivity index (χ3v) is 7.35. The number of fused-ring (bicyclic) bond motifs is 1. The van der Waals surface area contributed by atoms with Gasteiger partial charge in [0, 0.05) is 17.1 Å². The fraction of sp³-hybridized carbons (Fsp3) is 0.207. The molecule has 0 radical (unpaired) electrons. The predicted molar refractivity (Wildman–Crippen MR) is 148 cm³/mol. The summed E-state index contributed by atoms with van der Waals surface area (Å²) in [6.45, 7) is 6.01. The smallest absolute Gasteiger partial charge is 0.255 e. The molecule has 0 spiro atoms. The van der Waals surface area contributed by atoms with Gasteiger partial charge in [0.1, 0.15) is 17.6 Å². The molecule has 0 saturated carbocycles. The van der Waals surface area contributed by atoms with E-state index in [9.17, 15) is 9.18 Å². The lowest BCUT2D eigenvalue weighted by atomic mass is 9.95. The van der Waals surface area contributed by atoms with Gasteiger partial charge in [0.25, 0.3) is 5.91 Å². The molecule has 7 nitrogen and oxygen atoms in total. The van der Waals surface area contributed by atoms with Gasteiger partial charge in [-0.1, -0.05) is 47.7 Å². The normalized spacial score (nSPS) is 14.6. The van der Waals surface area contributed by atoms with Crippen molar-refractivity contribution in [1.29, 1.82) is 0 Å². The van der Waals surface area contributed by atoms with E-state index in [1.54, 1.807) is 48.2 Å². The fourth-order valence-electron chi connectivity index (χ4n) is 4.46. The third kappa shape index (κ3) is 5.28. The average Bonchev–Trinajstić information content (AvgIpc) is 3.30. The second kappa shape index (κ2) is 10.7. The minimum Gasteiger partial charge on any atom is -0.497 e. The first kappa shape index (κ1) is 25.5. The number of methoxy groups -OCH3 is 1. The van der Waals surface area contributed by atoms with Gasteiger partial charge < -0.3 is 15.4 Å². The zero-order valence-electron chi connectivity index (χ0n) is 21.6. The second-order valence-corrected chi connectivity index (χ2v) is 10.1. The van der Waals surface area contributed by atoms with Crippen molar-refractivity contribution >= 4 is 29.3 Å². The SMILES string of the molecule is COc1ccc(NC(=O)C2=C(C)Nc3nc(SCc4ccc(C)cc4C)nn3[C@H]2c2ccc(F)cc2)cc1. The van der Waals surface area contributed by atoms with Crippen LogP contribution in [0.1, 0.15) is 35.2 Å². The molecule has 0 fully saturated rings. The van der Waals surface area contributed by atoms with Gasteiger partial charge in [0.15, 0.2) is 0 Å². The van der Waals surface area contributed by atoms with Crippen LogP contribution < -0.4 is 15.4 Å². The number of carbonyl (C=O) groups is 1. The Balaban J connectivity index is 1.46. The number of hydrogen-bond acceptors (Lipinski definition) is 6. The zero-order valence-corrected chi connectivity index (χ0v) is 22.4. The van der Waals surface area contributed by atoms with E-state index in [4.69, 9.17) is 14.8 Å². The summed E-state index contributed by atoms with van der Waals surface area (Å²) in [7, 11) is 1.59. The Morgan fingerprint density at radius 3 is 2.50 bits per heavy atom. The lowest BCUT2D eigenvalue weighted by Gasteiger charge is -2.28. The molecule has 4 aromatic rings. The maximum Gasteiger partial charge on any atom is 0.255 e. The second-order valence-electron chi connectivity index (χ2n) is 9.18. The lowest BCUT2D eigenvalue weighted by Crippen LogP contribution is -2.31. The molecule has 0 unspecified atom stereocenters. The number of halogens is 1. The summed E-state index contributed by atoms with van der Waals surface area (Å²) in [5.74, 6) is 1.30. The van der Waals surface area contributed by atoms with E-state index >= 15 is 0 Å². The number of rotatable bonds is 7. The molecular formula is C29H28FN5O2S. The summed E-state index contributed by atoms with van der Waals surface area (Å²) in [5.41, 5.74) is 6.13. The highest BCUT2D eigenvalue weighted by atomic mass is 32.2. The largest absolute Gasteiger partial charge is 0.497 e. The van der Waals surface area contributed by atoms with E-state index in [0.29, 0.717) is 39.6 Å². The number of thioether (sulfide) groups is 1. The van der Waals surface area contributed by atoms with Crippen LogP contribution >= 0.6 is 11.8 Å². The van der Waals surface area contributed by atoms with E-state index < -0.39 is 6.04 Å². The summed E-state index contributed by atoms with van der Waals surface area (Å²) in [5, 5.41) is 11.6. The summed E-state index contributed by atoms with van der Waals surface area (Å²) in [6, 6.07) is 19.0. The number of carbonyl (C=O) groups excluding carboxylic acids is 1. The topological polar surface area (TPSA) is 81.1 Å². The number of anilines is 2. The minimum absolute atomic E-state index is 0.292. The number of allylic oxidation sites excluding steroid dienone is 1. The van der Waals surface area contributed by atoms with Gasteiger partial charge in [0.2, 0.25) is 11.1 Å². The van der Waals surface area contributed by atoms with Crippen molar-refractivity contribution in [2.24, 2.45) is 0 Å². The number of nitrogens with one attached hydrogen (secondary N) is 2. The minimum atomic E-state index is -0.590. The maximum absolute atomic E-state index is 13.8. The molecule has 194 valence electrons. The molecule has 2 N–H and O–H groups in total. The summed E-state index contributed by atoms with van der Waals surface area (Å²) in [4.78, 5) is 18.3. The van der Waals surface area contributed by atoms with Crippen LogP contribution in [0.3, 0.4) is 0 Å². The average molecular weight is 530 g/mol. The van der Waals surface area contributed by atoms with Gasteiger partial charge in [-0.3, -0.25) is 4.79 Å². The Morgan fingerprint density at radius 2 is 1.82 bits per heavy atom. The van der Waals surface area contributed by atoms with Crippen LogP contribution in [-0.4, -0.2) is 27.8 Å². The van der Waals surface area contributed by atoms with Gasteiger partial charge in [-0.25, -0.2) is 9.07 Å². The zero-order chi connectivity index (χ0) is 26.8.